The first kappa shape index (κ1) is 38.2. The Morgan fingerprint density at radius 2 is 0.729 bits per heavy atom. The van der Waals surface area contributed by atoms with Crippen molar-refractivity contribution in [2.75, 3.05) is 0 Å². The van der Waals surface area contributed by atoms with Gasteiger partial charge in [-0.1, -0.05) is 97.1 Å². The monoisotopic (exact) mass is 930 g/mol. The van der Waals surface area contributed by atoms with Crippen LogP contribution in [0.3, 0.4) is 0 Å². The molecule has 0 aliphatic rings. The standard InChI is InChI=1S/C62H34N4O2S2/c1-5-19-47-41(11-1)55-49(31-33-53-57(55)43-13-3-7-21-51(43)69-53)65(47)37-27-23-35(24-28-37)61-63-45-17-9-15-39(59(45)67-61)40-16-10-18-46-60(40)68-62(64-46)36-25-29-38(30-26-36)66-48-20-6-2-12-42(48)56-50(66)32-34-54-58(56)44-14-4-8-22-52(44)70-54/h1-34H. The normalized spacial score (nSPS) is 12.3. The topological polar surface area (TPSA) is 61.9 Å². The number of hydrogen-bond acceptors (Lipinski definition) is 6. The van der Waals surface area contributed by atoms with Gasteiger partial charge in [-0.25, -0.2) is 9.97 Å². The van der Waals surface area contributed by atoms with Crippen LogP contribution in [0.4, 0.5) is 0 Å². The van der Waals surface area contributed by atoms with Gasteiger partial charge in [0, 0.05) is 95.5 Å². The molecule has 6 nitrogen and oxygen atoms in total. The number of fused-ring (bicyclic) bond motifs is 16. The summed E-state index contributed by atoms with van der Waals surface area (Å²) in [5.41, 5.74) is 13.4. The van der Waals surface area contributed by atoms with E-state index in [4.69, 9.17) is 18.8 Å². The maximum atomic E-state index is 6.70. The lowest BCUT2D eigenvalue weighted by molar-refractivity contribution is 0.616. The average Bonchev–Trinajstić information content (AvgIpc) is 4.28. The number of hydrogen-bond donors (Lipinski definition) is 0. The van der Waals surface area contributed by atoms with Gasteiger partial charge in [0.25, 0.3) is 0 Å². The highest BCUT2D eigenvalue weighted by molar-refractivity contribution is 7.26. The van der Waals surface area contributed by atoms with Crippen LogP contribution in [-0.2, 0) is 0 Å². The molecule has 326 valence electrons. The van der Waals surface area contributed by atoms with Crippen LogP contribution in [0.25, 0.3) is 152 Å². The molecule has 0 saturated carbocycles. The lowest BCUT2D eigenvalue weighted by atomic mass is 10.0. The van der Waals surface area contributed by atoms with E-state index in [9.17, 15) is 0 Å². The molecule has 0 spiro atoms. The molecular formula is C62H34N4O2S2. The first-order chi connectivity index (χ1) is 34.7. The molecule has 6 heterocycles. The van der Waals surface area contributed by atoms with Crippen molar-refractivity contribution >= 4 is 129 Å². The molecule has 16 rings (SSSR count). The Labute approximate surface area is 406 Å². The third-order valence-electron chi connectivity index (χ3n) is 14.2. The Hall–Kier alpha value is -8.82. The molecule has 0 saturated heterocycles. The van der Waals surface area contributed by atoms with Crippen molar-refractivity contribution in [3.05, 3.63) is 206 Å². The van der Waals surface area contributed by atoms with Crippen molar-refractivity contribution in [3.63, 3.8) is 0 Å². The maximum absolute atomic E-state index is 6.70. The summed E-state index contributed by atoms with van der Waals surface area (Å²) in [5, 5.41) is 10.3. The largest absolute Gasteiger partial charge is 0.435 e. The van der Waals surface area contributed by atoms with E-state index < -0.39 is 0 Å². The summed E-state index contributed by atoms with van der Waals surface area (Å²) in [6, 6.07) is 73.3. The molecule has 0 bridgehead atoms. The molecule has 0 N–H and O–H groups in total. The minimum absolute atomic E-state index is 0.560. The fourth-order valence-corrected chi connectivity index (χ4v) is 13.4. The van der Waals surface area contributed by atoms with Gasteiger partial charge in [-0.15, -0.1) is 22.7 Å². The van der Waals surface area contributed by atoms with Gasteiger partial charge in [-0.05, 0) is 109 Å². The number of rotatable bonds is 5. The van der Waals surface area contributed by atoms with E-state index in [1.165, 1.54) is 84.0 Å². The highest BCUT2D eigenvalue weighted by Gasteiger charge is 2.22. The van der Waals surface area contributed by atoms with E-state index in [-0.39, 0.29) is 0 Å². The molecule has 0 amide bonds. The summed E-state index contributed by atoms with van der Waals surface area (Å²) in [4.78, 5) is 10.0. The average molecular weight is 931 g/mol. The van der Waals surface area contributed by atoms with E-state index in [1.54, 1.807) is 0 Å². The summed E-state index contributed by atoms with van der Waals surface area (Å²) in [6.07, 6.45) is 0. The van der Waals surface area contributed by atoms with E-state index in [1.807, 2.05) is 46.9 Å². The third kappa shape index (κ3) is 5.37. The fraction of sp³-hybridized carbons (Fsp3) is 0. The Kier molecular flexibility index (Phi) is 7.83. The van der Waals surface area contributed by atoms with Crippen molar-refractivity contribution in [3.8, 4) is 45.4 Å². The van der Waals surface area contributed by atoms with E-state index >= 15 is 0 Å². The second kappa shape index (κ2) is 14.4. The molecule has 16 aromatic rings. The molecule has 0 atom stereocenters. The maximum Gasteiger partial charge on any atom is 0.227 e. The molecule has 8 heteroatoms. The molecule has 70 heavy (non-hydrogen) atoms. The molecule has 6 aromatic heterocycles. The Bertz CT molecular complexity index is 4520. The molecule has 0 aliphatic heterocycles. The molecule has 0 aliphatic carbocycles. The summed E-state index contributed by atoms with van der Waals surface area (Å²) in [5.74, 6) is 1.12. The zero-order valence-corrected chi connectivity index (χ0v) is 38.7. The smallest absolute Gasteiger partial charge is 0.227 e. The van der Waals surface area contributed by atoms with Crippen molar-refractivity contribution in [1.29, 1.82) is 0 Å². The Balaban J connectivity index is 0.753. The van der Waals surface area contributed by atoms with Crippen molar-refractivity contribution < 1.29 is 8.83 Å². The first-order valence-electron chi connectivity index (χ1n) is 23.4. The van der Waals surface area contributed by atoms with E-state index in [0.29, 0.717) is 22.9 Å². The van der Waals surface area contributed by atoms with Gasteiger partial charge in [-0.2, -0.15) is 0 Å². The first-order valence-corrected chi connectivity index (χ1v) is 25.0. The van der Waals surface area contributed by atoms with Crippen LogP contribution in [0.1, 0.15) is 0 Å². The Morgan fingerprint density at radius 3 is 1.19 bits per heavy atom. The summed E-state index contributed by atoms with van der Waals surface area (Å²) in [7, 11) is 0. The van der Waals surface area contributed by atoms with Gasteiger partial charge >= 0.3 is 0 Å². The number of aromatic nitrogens is 4. The van der Waals surface area contributed by atoms with Crippen LogP contribution in [0.5, 0.6) is 0 Å². The molecule has 0 fully saturated rings. The minimum atomic E-state index is 0.560. The summed E-state index contributed by atoms with van der Waals surface area (Å²) >= 11 is 3.71. The highest BCUT2D eigenvalue weighted by Crippen LogP contribution is 2.46. The van der Waals surface area contributed by atoms with Gasteiger partial charge < -0.3 is 18.0 Å². The van der Waals surface area contributed by atoms with Crippen molar-refractivity contribution in [2.24, 2.45) is 0 Å². The van der Waals surface area contributed by atoms with E-state index in [0.717, 1.165) is 44.7 Å². The number of oxazole rings is 2. The van der Waals surface area contributed by atoms with Crippen LogP contribution in [0.2, 0.25) is 0 Å². The highest BCUT2D eigenvalue weighted by atomic mass is 32.1. The molecule has 10 aromatic carbocycles. The van der Waals surface area contributed by atoms with Crippen molar-refractivity contribution in [2.45, 2.75) is 0 Å². The minimum Gasteiger partial charge on any atom is -0.435 e. The number of para-hydroxylation sites is 4. The Morgan fingerprint density at radius 1 is 0.314 bits per heavy atom. The lowest BCUT2D eigenvalue weighted by Crippen LogP contribution is -1.93. The van der Waals surface area contributed by atoms with Crippen molar-refractivity contribution in [1.82, 2.24) is 19.1 Å². The van der Waals surface area contributed by atoms with Crippen LogP contribution in [-0.4, -0.2) is 19.1 Å². The van der Waals surface area contributed by atoms with Gasteiger partial charge in [0.1, 0.15) is 11.0 Å². The van der Waals surface area contributed by atoms with Gasteiger partial charge in [-0.3, -0.25) is 0 Å². The quantitative estimate of drug-likeness (QED) is 0.172. The predicted molar refractivity (Wildman–Crippen MR) is 292 cm³/mol. The van der Waals surface area contributed by atoms with Crippen LogP contribution in [0, 0.1) is 0 Å². The zero-order chi connectivity index (χ0) is 45.6. The van der Waals surface area contributed by atoms with Crippen LogP contribution in [0.15, 0.2) is 215 Å². The van der Waals surface area contributed by atoms with Gasteiger partial charge in [0.2, 0.25) is 11.8 Å². The molecule has 0 radical (unpaired) electrons. The molecular weight excluding hydrogens is 897 g/mol. The van der Waals surface area contributed by atoms with Crippen LogP contribution < -0.4 is 0 Å². The summed E-state index contributed by atoms with van der Waals surface area (Å²) < 4.78 is 23.4. The predicted octanol–water partition coefficient (Wildman–Crippen LogP) is 17.9. The number of benzene rings is 10. The number of thiophene rings is 2. The SMILES string of the molecule is c1cc(-c2cccc3nc(-c4ccc(-n5c6ccccc6c6c7c(ccc65)sc5ccccc57)cc4)oc23)c2oc(-c3ccc(-n4c5ccccc5c5c6c(ccc54)sc4ccccc46)cc3)nc2c1. The van der Waals surface area contributed by atoms with E-state index in [2.05, 4.69) is 191 Å². The molecule has 0 unspecified atom stereocenters. The zero-order valence-electron chi connectivity index (χ0n) is 37.1. The second-order valence-corrected chi connectivity index (χ2v) is 20.2. The van der Waals surface area contributed by atoms with Crippen LogP contribution >= 0.6 is 22.7 Å². The van der Waals surface area contributed by atoms with Gasteiger partial charge in [0.05, 0.1) is 22.1 Å². The fourth-order valence-electron chi connectivity index (χ4n) is 11.2. The summed E-state index contributed by atoms with van der Waals surface area (Å²) in [6.45, 7) is 0. The third-order valence-corrected chi connectivity index (χ3v) is 16.5. The lowest BCUT2D eigenvalue weighted by Gasteiger charge is -2.08. The number of nitrogens with zero attached hydrogens (tertiary/aromatic N) is 4. The second-order valence-electron chi connectivity index (χ2n) is 18.0. The van der Waals surface area contributed by atoms with Gasteiger partial charge in [0.15, 0.2) is 11.2 Å².